The monoisotopic (exact) mass is 272 g/mol. The van der Waals surface area contributed by atoms with Crippen LogP contribution < -0.4 is 10.4 Å². The first-order chi connectivity index (χ1) is 9.70. The van der Waals surface area contributed by atoms with Crippen LogP contribution >= 0.6 is 0 Å². The van der Waals surface area contributed by atoms with E-state index < -0.39 is 0 Å². The lowest BCUT2D eigenvalue weighted by Crippen LogP contribution is -2.18. The van der Waals surface area contributed by atoms with Gasteiger partial charge in [-0.2, -0.15) is 0 Å². The van der Waals surface area contributed by atoms with E-state index in [0.717, 1.165) is 0 Å². The lowest BCUT2D eigenvalue weighted by molar-refractivity contribution is 0.417. The smallest absolute Gasteiger partial charge is 0.326 e. The largest absolute Gasteiger partial charge is 0.494 e. The maximum atomic E-state index is 13.7. The quantitative estimate of drug-likeness (QED) is 0.796. The molecule has 4 nitrogen and oxygen atoms in total. The summed E-state index contributed by atoms with van der Waals surface area (Å²) in [5.74, 6) is 0.251. The van der Waals surface area contributed by atoms with Gasteiger partial charge in [-0.3, -0.25) is 4.57 Å². The molecule has 2 aromatic carbocycles. The summed E-state index contributed by atoms with van der Waals surface area (Å²) in [5.41, 5.74) is 1.49. The summed E-state index contributed by atoms with van der Waals surface area (Å²) in [6.07, 6.45) is 0. The molecule has 0 aliphatic rings. The van der Waals surface area contributed by atoms with E-state index >= 15 is 0 Å². The highest BCUT2D eigenvalue weighted by atomic mass is 19.1. The lowest BCUT2D eigenvalue weighted by atomic mass is 10.2. The van der Waals surface area contributed by atoms with E-state index in [0.29, 0.717) is 22.3 Å². The molecule has 5 heteroatoms. The molecule has 0 spiro atoms. The number of benzene rings is 2. The Morgan fingerprint density at radius 1 is 1.20 bits per heavy atom. The zero-order valence-electron chi connectivity index (χ0n) is 10.9. The average molecular weight is 272 g/mol. The molecule has 1 aromatic heterocycles. The number of aromatic amines is 1. The number of H-pyrrole nitrogens is 1. The lowest BCUT2D eigenvalue weighted by Gasteiger charge is -2.08. The highest BCUT2D eigenvalue weighted by Gasteiger charge is 2.13. The van der Waals surface area contributed by atoms with Crippen LogP contribution in [-0.4, -0.2) is 16.7 Å². The first-order valence-electron chi connectivity index (χ1n) is 6.19. The van der Waals surface area contributed by atoms with Gasteiger partial charge in [0.05, 0.1) is 19.2 Å². The van der Waals surface area contributed by atoms with E-state index in [1.165, 1.54) is 10.6 Å². The van der Waals surface area contributed by atoms with Crippen LogP contribution in [0.4, 0.5) is 4.39 Å². The van der Waals surface area contributed by atoms with Crippen molar-refractivity contribution in [3.63, 3.8) is 0 Å². The summed E-state index contributed by atoms with van der Waals surface area (Å²) in [6, 6.07) is 11.8. The van der Waals surface area contributed by atoms with Gasteiger partial charge >= 0.3 is 5.69 Å². The second-order valence-corrected chi connectivity index (χ2v) is 4.46. The highest BCUT2D eigenvalue weighted by Crippen LogP contribution is 2.23. The summed E-state index contributed by atoms with van der Waals surface area (Å²) >= 11 is 0. The Bertz CT molecular complexity index is 820. The molecule has 0 amide bonds. The van der Waals surface area contributed by atoms with Crippen LogP contribution in [0.15, 0.2) is 47.3 Å². The van der Waals surface area contributed by atoms with Crippen LogP contribution in [0.25, 0.3) is 11.0 Å². The molecule has 3 aromatic rings. The fourth-order valence-corrected chi connectivity index (χ4v) is 2.30. The number of rotatable bonds is 3. The van der Waals surface area contributed by atoms with E-state index in [1.807, 2.05) is 0 Å². The molecule has 0 radical (unpaired) electrons. The number of nitrogens with zero attached hydrogens (tertiary/aromatic N) is 1. The minimum Gasteiger partial charge on any atom is -0.494 e. The Kier molecular flexibility index (Phi) is 3.02. The molecule has 102 valence electrons. The van der Waals surface area contributed by atoms with Gasteiger partial charge in [-0.15, -0.1) is 0 Å². The van der Waals surface area contributed by atoms with Gasteiger partial charge < -0.3 is 9.72 Å². The maximum absolute atomic E-state index is 13.7. The van der Waals surface area contributed by atoms with Crippen molar-refractivity contribution in [1.82, 2.24) is 9.55 Å². The van der Waals surface area contributed by atoms with E-state index in [2.05, 4.69) is 4.98 Å². The van der Waals surface area contributed by atoms with Crippen molar-refractivity contribution in [1.29, 1.82) is 0 Å². The summed E-state index contributed by atoms with van der Waals surface area (Å²) in [6.45, 7) is 0.159. The fraction of sp³-hybridized carbons (Fsp3) is 0.133. The number of halogens is 1. The molecule has 0 atom stereocenters. The molecule has 0 fully saturated rings. The van der Waals surface area contributed by atoms with Crippen molar-refractivity contribution >= 4 is 11.0 Å². The molecule has 20 heavy (non-hydrogen) atoms. The predicted molar refractivity (Wildman–Crippen MR) is 74.6 cm³/mol. The second kappa shape index (κ2) is 4.85. The van der Waals surface area contributed by atoms with Gasteiger partial charge in [-0.1, -0.05) is 24.3 Å². The second-order valence-electron chi connectivity index (χ2n) is 4.46. The molecule has 0 bridgehead atoms. The van der Waals surface area contributed by atoms with Gasteiger partial charge in [0, 0.05) is 5.56 Å². The van der Waals surface area contributed by atoms with Gasteiger partial charge in [0.2, 0.25) is 0 Å². The van der Waals surface area contributed by atoms with Crippen LogP contribution in [0, 0.1) is 5.82 Å². The summed E-state index contributed by atoms with van der Waals surface area (Å²) in [7, 11) is 1.54. The van der Waals surface area contributed by atoms with Gasteiger partial charge in [-0.25, -0.2) is 9.18 Å². The summed E-state index contributed by atoms with van der Waals surface area (Å²) < 4.78 is 20.5. The number of fused-ring (bicyclic) bond motifs is 1. The van der Waals surface area contributed by atoms with E-state index in [4.69, 9.17) is 4.74 Å². The minimum atomic E-state index is -0.330. The van der Waals surface area contributed by atoms with Gasteiger partial charge in [0.25, 0.3) is 0 Å². The first-order valence-corrected chi connectivity index (χ1v) is 6.19. The number of nitrogens with one attached hydrogen (secondary N) is 1. The molecular weight excluding hydrogens is 259 g/mol. The van der Waals surface area contributed by atoms with Crippen LogP contribution in [-0.2, 0) is 6.54 Å². The van der Waals surface area contributed by atoms with Crippen LogP contribution in [0.3, 0.4) is 0 Å². The van der Waals surface area contributed by atoms with Gasteiger partial charge in [0.15, 0.2) is 0 Å². The Morgan fingerprint density at radius 3 is 2.75 bits per heavy atom. The molecule has 0 aliphatic heterocycles. The molecule has 1 heterocycles. The van der Waals surface area contributed by atoms with Gasteiger partial charge in [-0.05, 0) is 18.2 Å². The van der Waals surface area contributed by atoms with Crippen molar-refractivity contribution in [3.8, 4) is 5.75 Å². The first kappa shape index (κ1) is 12.5. The number of hydrogen-bond acceptors (Lipinski definition) is 2. The Hall–Kier alpha value is -2.56. The summed E-state index contributed by atoms with van der Waals surface area (Å²) in [5, 5.41) is 0. The number of methoxy groups -OCH3 is 1. The number of para-hydroxylation sites is 1. The van der Waals surface area contributed by atoms with Crippen LogP contribution in [0.2, 0.25) is 0 Å². The number of hydrogen-bond donors (Lipinski definition) is 1. The Balaban J connectivity index is 2.19. The normalized spacial score (nSPS) is 10.9. The molecule has 3 rings (SSSR count). The molecule has 1 N–H and O–H groups in total. The third-order valence-corrected chi connectivity index (χ3v) is 3.26. The standard InChI is InChI=1S/C15H13FN2O2/c1-20-13-8-4-7-12-14(13)18(15(19)17-12)9-10-5-2-3-6-11(10)16/h2-8H,9H2,1H3,(H,17,19). The van der Waals surface area contributed by atoms with Crippen LogP contribution in [0.5, 0.6) is 5.75 Å². The van der Waals surface area contributed by atoms with Gasteiger partial charge in [0.1, 0.15) is 17.1 Å². The van der Waals surface area contributed by atoms with Crippen LogP contribution in [0.1, 0.15) is 5.56 Å². The molecular formula is C15H13FN2O2. The van der Waals surface area contributed by atoms with Crippen molar-refractivity contribution in [2.24, 2.45) is 0 Å². The Morgan fingerprint density at radius 2 is 2.00 bits per heavy atom. The molecule has 0 saturated carbocycles. The zero-order valence-corrected chi connectivity index (χ0v) is 10.9. The number of imidazole rings is 1. The van der Waals surface area contributed by atoms with Crippen molar-refractivity contribution in [2.45, 2.75) is 6.54 Å². The molecule has 0 unspecified atom stereocenters. The summed E-state index contributed by atoms with van der Waals surface area (Å²) in [4.78, 5) is 14.8. The maximum Gasteiger partial charge on any atom is 0.326 e. The third-order valence-electron chi connectivity index (χ3n) is 3.26. The van der Waals surface area contributed by atoms with Crippen molar-refractivity contribution in [3.05, 3.63) is 64.3 Å². The van der Waals surface area contributed by atoms with Crippen molar-refractivity contribution in [2.75, 3.05) is 7.11 Å². The third kappa shape index (κ3) is 1.97. The minimum absolute atomic E-state index is 0.159. The van der Waals surface area contributed by atoms with E-state index in [9.17, 15) is 9.18 Å². The zero-order chi connectivity index (χ0) is 14.1. The highest BCUT2D eigenvalue weighted by molar-refractivity contribution is 5.82. The van der Waals surface area contributed by atoms with E-state index in [-0.39, 0.29) is 18.1 Å². The molecule has 0 saturated heterocycles. The predicted octanol–water partition coefficient (Wildman–Crippen LogP) is 2.53. The molecule has 0 aliphatic carbocycles. The van der Waals surface area contributed by atoms with E-state index in [1.54, 1.807) is 43.5 Å². The average Bonchev–Trinajstić information content (AvgIpc) is 2.77. The fourth-order valence-electron chi connectivity index (χ4n) is 2.30. The topological polar surface area (TPSA) is 47.0 Å². The SMILES string of the molecule is COc1cccc2[nH]c(=O)n(Cc3ccccc3F)c12. The Labute approximate surface area is 114 Å². The number of aromatic nitrogens is 2. The van der Waals surface area contributed by atoms with Crippen molar-refractivity contribution < 1.29 is 9.13 Å². The number of ether oxygens (including phenoxy) is 1.